The van der Waals surface area contributed by atoms with Gasteiger partial charge in [0.2, 0.25) is 0 Å². The van der Waals surface area contributed by atoms with Gasteiger partial charge in [-0.2, -0.15) is 0 Å². The molecule has 1 aromatic carbocycles. The van der Waals surface area contributed by atoms with Gasteiger partial charge in [0.25, 0.3) is 0 Å². The number of benzene rings is 1. The number of hydrogen-bond donors (Lipinski definition) is 1. The monoisotopic (exact) mass is 256 g/mol. The summed E-state index contributed by atoms with van der Waals surface area (Å²) in [5.41, 5.74) is 2.78. The molecule has 0 radical (unpaired) electrons. The number of aryl methyl sites for hydroxylation is 1. The Hall–Kier alpha value is -1.74. The van der Waals surface area contributed by atoms with E-state index in [1.165, 1.54) is 11.3 Å². The Morgan fingerprint density at radius 1 is 1.26 bits per heavy atom. The van der Waals surface area contributed by atoms with Gasteiger partial charge in [-0.1, -0.05) is 12.1 Å². The average molecular weight is 256 g/mol. The average Bonchev–Trinajstić information content (AvgIpc) is 2.94. The third kappa shape index (κ3) is 2.66. The Kier molecular flexibility index (Phi) is 3.56. The van der Waals surface area contributed by atoms with Crippen LogP contribution in [0.25, 0.3) is 0 Å². The van der Waals surface area contributed by atoms with Gasteiger partial charge < -0.3 is 14.6 Å². The second-order valence-corrected chi connectivity index (χ2v) is 5.02. The van der Waals surface area contributed by atoms with Crippen LogP contribution in [0.3, 0.4) is 0 Å². The first-order valence-electron chi connectivity index (χ1n) is 6.88. The smallest absolute Gasteiger partial charge is 0.118 e. The number of rotatable bonds is 4. The zero-order chi connectivity index (χ0) is 13.1. The lowest BCUT2D eigenvalue weighted by Gasteiger charge is -2.26. The summed E-state index contributed by atoms with van der Waals surface area (Å²) < 4.78 is 7.54. The van der Waals surface area contributed by atoms with Gasteiger partial charge in [-0.3, -0.25) is 0 Å². The Bertz CT molecular complexity index is 530. The first kappa shape index (κ1) is 12.3. The molecule has 0 fully saturated rings. The molecule has 1 N–H and O–H groups in total. The van der Waals surface area contributed by atoms with Gasteiger partial charge in [0.05, 0.1) is 7.11 Å². The van der Waals surface area contributed by atoms with Crippen LogP contribution in [0.5, 0.6) is 5.75 Å². The molecule has 3 heteroatoms. The number of nitrogens with one attached hydrogen (secondary N) is 1. The molecular weight excluding hydrogens is 236 g/mol. The first-order valence-corrected chi connectivity index (χ1v) is 6.88. The number of nitrogens with zero attached hydrogens (tertiary/aromatic N) is 1. The van der Waals surface area contributed by atoms with E-state index in [1.807, 2.05) is 12.1 Å². The summed E-state index contributed by atoms with van der Waals surface area (Å²) in [5, 5.41) is 3.61. The second kappa shape index (κ2) is 5.49. The molecule has 2 aromatic rings. The van der Waals surface area contributed by atoms with Crippen LogP contribution < -0.4 is 10.1 Å². The van der Waals surface area contributed by atoms with Crippen LogP contribution in [-0.2, 0) is 13.0 Å². The van der Waals surface area contributed by atoms with E-state index in [0.29, 0.717) is 6.04 Å². The summed E-state index contributed by atoms with van der Waals surface area (Å²) in [5.74, 6) is 0.924. The highest BCUT2D eigenvalue weighted by Gasteiger charge is 2.18. The number of fused-ring (bicyclic) bond motifs is 1. The van der Waals surface area contributed by atoms with Crippen LogP contribution in [0.4, 0.5) is 0 Å². The van der Waals surface area contributed by atoms with Crippen LogP contribution in [-0.4, -0.2) is 18.2 Å². The predicted octanol–water partition coefficient (Wildman–Crippen LogP) is 2.77. The van der Waals surface area contributed by atoms with Crippen molar-refractivity contribution in [3.05, 3.63) is 53.9 Å². The van der Waals surface area contributed by atoms with Gasteiger partial charge in [0.1, 0.15) is 5.75 Å². The fourth-order valence-corrected chi connectivity index (χ4v) is 2.76. The maximum atomic E-state index is 5.18. The third-order valence-electron chi connectivity index (χ3n) is 3.85. The number of ether oxygens (including phenoxy) is 1. The molecule has 100 valence electrons. The molecule has 0 spiro atoms. The van der Waals surface area contributed by atoms with Crippen molar-refractivity contribution in [2.75, 3.05) is 13.7 Å². The SMILES string of the molecule is COc1ccc(CC[C@H]2NCCn3cccc32)cc1. The molecular formula is C16H20N2O. The first-order chi connectivity index (χ1) is 9.36. The van der Waals surface area contributed by atoms with Crippen molar-refractivity contribution in [1.29, 1.82) is 0 Å². The lowest BCUT2D eigenvalue weighted by Crippen LogP contribution is -2.33. The number of aromatic nitrogens is 1. The van der Waals surface area contributed by atoms with Crippen molar-refractivity contribution >= 4 is 0 Å². The maximum Gasteiger partial charge on any atom is 0.118 e. The summed E-state index contributed by atoms with van der Waals surface area (Å²) in [6.45, 7) is 2.15. The highest BCUT2D eigenvalue weighted by Crippen LogP contribution is 2.23. The van der Waals surface area contributed by atoms with Gasteiger partial charge in [-0.25, -0.2) is 0 Å². The van der Waals surface area contributed by atoms with Crippen molar-refractivity contribution in [3.8, 4) is 5.75 Å². The van der Waals surface area contributed by atoms with Crippen LogP contribution in [0.1, 0.15) is 23.7 Å². The topological polar surface area (TPSA) is 26.2 Å². The van der Waals surface area contributed by atoms with Gasteiger partial charge in [0, 0.05) is 31.0 Å². The van der Waals surface area contributed by atoms with Gasteiger partial charge in [-0.15, -0.1) is 0 Å². The Balaban J connectivity index is 1.64. The van der Waals surface area contributed by atoms with E-state index in [0.717, 1.165) is 31.7 Å². The molecule has 0 saturated carbocycles. The summed E-state index contributed by atoms with van der Waals surface area (Å²) >= 11 is 0. The second-order valence-electron chi connectivity index (χ2n) is 5.02. The molecule has 0 amide bonds. The molecule has 2 heterocycles. The van der Waals surface area contributed by atoms with Crippen LogP contribution in [0.15, 0.2) is 42.6 Å². The summed E-state index contributed by atoms with van der Waals surface area (Å²) in [4.78, 5) is 0. The van der Waals surface area contributed by atoms with Gasteiger partial charge in [-0.05, 0) is 42.7 Å². The molecule has 1 atom stereocenters. The van der Waals surface area contributed by atoms with E-state index >= 15 is 0 Å². The Morgan fingerprint density at radius 3 is 2.89 bits per heavy atom. The maximum absolute atomic E-state index is 5.18. The van der Waals surface area contributed by atoms with Crippen molar-refractivity contribution in [2.45, 2.75) is 25.4 Å². The van der Waals surface area contributed by atoms with E-state index < -0.39 is 0 Å². The van der Waals surface area contributed by atoms with Crippen LogP contribution in [0, 0.1) is 0 Å². The lowest BCUT2D eigenvalue weighted by molar-refractivity contribution is 0.405. The zero-order valence-corrected chi connectivity index (χ0v) is 11.3. The van der Waals surface area contributed by atoms with Crippen LogP contribution in [0.2, 0.25) is 0 Å². The summed E-state index contributed by atoms with van der Waals surface area (Å²) in [7, 11) is 1.70. The fraction of sp³-hybridized carbons (Fsp3) is 0.375. The largest absolute Gasteiger partial charge is 0.497 e. The number of methoxy groups -OCH3 is 1. The molecule has 0 saturated heterocycles. The van der Waals surface area contributed by atoms with Crippen molar-refractivity contribution in [2.24, 2.45) is 0 Å². The fourth-order valence-electron chi connectivity index (χ4n) is 2.76. The van der Waals surface area contributed by atoms with E-state index in [4.69, 9.17) is 4.74 Å². The summed E-state index contributed by atoms with van der Waals surface area (Å²) in [6, 6.07) is 13.2. The van der Waals surface area contributed by atoms with E-state index in [-0.39, 0.29) is 0 Å². The minimum absolute atomic E-state index is 0.478. The molecule has 19 heavy (non-hydrogen) atoms. The van der Waals surface area contributed by atoms with Crippen molar-refractivity contribution < 1.29 is 4.74 Å². The third-order valence-corrected chi connectivity index (χ3v) is 3.85. The molecule has 0 bridgehead atoms. The molecule has 0 unspecified atom stereocenters. The summed E-state index contributed by atoms with van der Waals surface area (Å²) in [6.07, 6.45) is 4.40. The van der Waals surface area contributed by atoms with E-state index in [1.54, 1.807) is 7.11 Å². The minimum atomic E-state index is 0.478. The highest BCUT2D eigenvalue weighted by molar-refractivity contribution is 5.27. The van der Waals surface area contributed by atoms with Crippen molar-refractivity contribution in [1.82, 2.24) is 9.88 Å². The molecule has 1 aliphatic rings. The standard InChI is InChI=1S/C16H20N2O/c1-19-14-7-4-13(5-8-14)6-9-15-16-3-2-11-18(16)12-10-17-15/h2-5,7-8,11,15,17H,6,9-10,12H2,1H3/t15-/m1/s1. The normalized spacial score (nSPS) is 18.1. The highest BCUT2D eigenvalue weighted by atomic mass is 16.5. The number of hydrogen-bond acceptors (Lipinski definition) is 2. The quantitative estimate of drug-likeness (QED) is 0.910. The zero-order valence-electron chi connectivity index (χ0n) is 11.3. The lowest BCUT2D eigenvalue weighted by atomic mass is 10.0. The van der Waals surface area contributed by atoms with E-state index in [2.05, 4.69) is 40.3 Å². The predicted molar refractivity (Wildman–Crippen MR) is 76.5 cm³/mol. The van der Waals surface area contributed by atoms with Crippen molar-refractivity contribution in [3.63, 3.8) is 0 Å². The van der Waals surface area contributed by atoms with Gasteiger partial charge >= 0.3 is 0 Å². The molecule has 1 aromatic heterocycles. The molecule has 1 aliphatic heterocycles. The molecule has 3 nitrogen and oxygen atoms in total. The van der Waals surface area contributed by atoms with E-state index in [9.17, 15) is 0 Å². The Labute approximate surface area is 114 Å². The molecule has 3 rings (SSSR count). The molecule has 0 aliphatic carbocycles. The minimum Gasteiger partial charge on any atom is -0.497 e. The van der Waals surface area contributed by atoms with Gasteiger partial charge in [0.15, 0.2) is 0 Å². The van der Waals surface area contributed by atoms with Crippen LogP contribution >= 0.6 is 0 Å². The Morgan fingerprint density at radius 2 is 2.11 bits per heavy atom.